The molecule has 92 valence electrons. The maximum Gasteiger partial charge on any atom is 0.320 e. The third kappa shape index (κ3) is 3.60. The van der Waals surface area contributed by atoms with Gasteiger partial charge in [-0.15, -0.1) is 6.58 Å². The molecule has 1 rings (SSSR count). The molecule has 17 heavy (non-hydrogen) atoms. The van der Waals surface area contributed by atoms with Crippen LogP contribution in [0.1, 0.15) is 0 Å². The molecule has 0 amide bonds. The van der Waals surface area contributed by atoms with Crippen LogP contribution in [-0.2, 0) is 14.8 Å². The number of carbonyl (C=O) groups is 1. The number of rotatable bonds is 6. The fraction of sp³-hybridized carbons (Fsp3) is 0.182. The van der Waals surface area contributed by atoms with Crippen LogP contribution in [-0.4, -0.2) is 31.8 Å². The fourth-order valence-corrected chi connectivity index (χ4v) is 2.57. The van der Waals surface area contributed by atoms with Crippen LogP contribution in [0.25, 0.3) is 0 Å². The molecule has 0 aliphatic heterocycles. The van der Waals surface area contributed by atoms with Crippen molar-refractivity contribution in [2.75, 3.05) is 16.6 Å². The number of aliphatic carboxylic acids is 1. The lowest BCUT2D eigenvalue weighted by atomic mass is 10.3. The van der Waals surface area contributed by atoms with E-state index in [1.165, 1.54) is 6.08 Å². The molecule has 0 spiro atoms. The van der Waals surface area contributed by atoms with E-state index in [1.807, 2.05) is 0 Å². The summed E-state index contributed by atoms with van der Waals surface area (Å²) in [6.45, 7) is 3.51. The highest BCUT2D eigenvalue weighted by Crippen LogP contribution is 2.17. The Labute approximate surface area is 100 Å². The lowest BCUT2D eigenvalue weighted by Gasteiger charge is -2.21. The van der Waals surface area contributed by atoms with Gasteiger partial charge in [-0.1, -0.05) is 24.3 Å². The van der Waals surface area contributed by atoms with Crippen LogP contribution in [0.4, 0.5) is 5.69 Å². The summed E-state index contributed by atoms with van der Waals surface area (Å²) in [6, 6.07) is 8.31. The summed E-state index contributed by atoms with van der Waals surface area (Å²) in [7, 11) is -3.87. The normalized spacial score (nSPS) is 10.8. The summed E-state index contributed by atoms with van der Waals surface area (Å²) >= 11 is 0. The molecule has 0 heterocycles. The number of carboxylic acid groups (broad SMARTS) is 1. The molecule has 0 fully saturated rings. The van der Waals surface area contributed by atoms with Gasteiger partial charge in [0.15, 0.2) is 5.75 Å². The molecule has 1 aromatic carbocycles. The number of hydrogen-bond acceptors (Lipinski definition) is 3. The largest absolute Gasteiger partial charge is 0.480 e. The minimum Gasteiger partial charge on any atom is -0.480 e. The van der Waals surface area contributed by atoms with Crippen LogP contribution in [0.3, 0.4) is 0 Å². The Balaban J connectivity index is 3.10. The van der Waals surface area contributed by atoms with E-state index < -0.39 is 21.7 Å². The zero-order valence-electron chi connectivity index (χ0n) is 9.11. The van der Waals surface area contributed by atoms with Crippen LogP contribution in [0.5, 0.6) is 0 Å². The summed E-state index contributed by atoms with van der Waals surface area (Å²) in [5.74, 6) is -2.31. The molecular weight excluding hydrogens is 242 g/mol. The smallest absolute Gasteiger partial charge is 0.320 e. The van der Waals surface area contributed by atoms with Gasteiger partial charge >= 0.3 is 5.97 Å². The van der Waals surface area contributed by atoms with Crippen molar-refractivity contribution >= 4 is 21.7 Å². The van der Waals surface area contributed by atoms with E-state index in [4.69, 9.17) is 5.11 Å². The van der Waals surface area contributed by atoms with Crippen molar-refractivity contribution in [1.29, 1.82) is 0 Å². The van der Waals surface area contributed by atoms with Gasteiger partial charge < -0.3 is 5.11 Å². The van der Waals surface area contributed by atoms with E-state index >= 15 is 0 Å². The quantitative estimate of drug-likeness (QED) is 0.772. The van der Waals surface area contributed by atoms with Crippen LogP contribution >= 0.6 is 0 Å². The van der Waals surface area contributed by atoms with Crippen LogP contribution in [0.15, 0.2) is 43.0 Å². The second-order valence-electron chi connectivity index (χ2n) is 3.31. The molecule has 0 radical (unpaired) electrons. The first kappa shape index (κ1) is 13.2. The molecule has 0 aliphatic rings. The third-order valence-electron chi connectivity index (χ3n) is 1.98. The maximum absolute atomic E-state index is 11.8. The average molecular weight is 255 g/mol. The van der Waals surface area contributed by atoms with Crippen molar-refractivity contribution < 1.29 is 18.3 Å². The monoisotopic (exact) mass is 255 g/mol. The molecule has 0 saturated carbocycles. The van der Waals surface area contributed by atoms with Crippen molar-refractivity contribution in [1.82, 2.24) is 0 Å². The van der Waals surface area contributed by atoms with E-state index in [0.29, 0.717) is 5.69 Å². The number of anilines is 1. The molecule has 6 heteroatoms. The highest BCUT2D eigenvalue weighted by Gasteiger charge is 2.24. The van der Waals surface area contributed by atoms with E-state index in [2.05, 4.69) is 6.58 Å². The Morgan fingerprint density at radius 1 is 1.35 bits per heavy atom. The second kappa shape index (κ2) is 5.49. The van der Waals surface area contributed by atoms with Gasteiger partial charge in [0, 0.05) is 0 Å². The van der Waals surface area contributed by atoms with Gasteiger partial charge in [0.05, 0.1) is 12.2 Å². The third-order valence-corrected chi connectivity index (χ3v) is 3.62. The van der Waals surface area contributed by atoms with Gasteiger partial charge in [-0.05, 0) is 12.1 Å². The standard InChI is InChI=1S/C11H13NO4S/c1-2-8-12(10-6-4-3-5-7-10)17(15,16)9-11(13)14/h2-7H,1,8-9H2,(H,13,14). The summed E-state index contributed by atoms with van der Waals surface area (Å²) in [5.41, 5.74) is 0.425. The topological polar surface area (TPSA) is 74.7 Å². The fourth-order valence-electron chi connectivity index (χ4n) is 1.33. The summed E-state index contributed by atoms with van der Waals surface area (Å²) in [4.78, 5) is 10.5. The highest BCUT2D eigenvalue weighted by molar-refractivity contribution is 7.93. The number of nitrogens with zero attached hydrogens (tertiary/aromatic N) is 1. The maximum atomic E-state index is 11.8. The Kier molecular flexibility index (Phi) is 4.28. The molecule has 0 atom stereocenters. The van der Waals surface area contributed by atoms with Crippen LogP contribution < -0.4 is 4.31 Å². The molecule has 5 nitrogen and oxygen atoms in total. The molecular formula is C11H13NO4S. The zero-order valence-corrected chi connectivity index (χ0v) is 9.93. The molecule has 0 bridgehead atoms. The van der Waals surface area contributed by atoms with Gasteiger partial charge in [-0.2, -0.15) is 0 Å². The Morgan fingerprint density at radius 2 is 1.94 bits per heavy atom. The predicted molar refractivity (Wildman–Crippen MR) is 65.4 cm³/mol. The predicted octanol–water partition coefficient (Wildman–Crippen LogP) is 1.09. The Morgan fingerprint density at radius 3 is 2.41 bits per heavy atom. The number of para-hydroxylation sites is 1. The number of carboxylic acids is 1. The summed E-state index contributed by atoms with van der Waals surface area (Å²) in [6.07, 6.45) is 1.41. The summed E-state index contributed by atoms with van der Waals surface area (Å²) in [5, 5.41) is 8.58. The first-order chi connectivity index (χ1) is 7.97. The zero-order chi connectivity index (χ0) is 12.9. The number of hydrogen-bond donors (Lipinski definition) is 1. The molecule has 1 aromatic rings. The van der Waals surface area contributed by atoms with Gasteiger partial charge in [-0.25, -0.2) is 8.42 Å². The molecule has 0 saturated heterocycles. The van der Waals surface area contributed by atoms with E-state index in [-0.39, 0.29) is 6.54 Å². The van der Waals surface area contributed by atoms with Gasteiger partial charge in [-0.3, -0.25) is 9.10 Å². The molecule has 0 aromatic heterocycles. The van der Waals surface area contributed by atoms with Crippen LogP contribution in [0.2, 0.25) is 0 Å². The van der Waals surface area contributed by atoms with Crippen molar-refractivity contribution in [3.05, 3.63) is 43.0 Å². The van der Waals surface area contributed by atoms with Gasteiger partial charge in [0.1, 0.15) is 0 Å². The summed E-state index contributed by atoms with van der Waals surface area (Å²) < 4.78 is 24.7. The molecule has 0 unspecified atom stereocenters. The Hall–Kier alpha value is -1.82. The van der Waals surface area contributed by atoms with E-state index in [9.17, 15) is 13.2 Å². The highest BCUT2D eigenvalue weighted by atomic mass is 32.2. The van der Waals surface area contributed by atoms with Gasteiger partial charge in [0.2, 0.25) is 10.0 Å². The average Bonchev–Trinajstić information content (AvgIpc) is 2.25. The molecule has 1 N–H and O–H groups in total. The lowest BCUT2D eigenvalue weighted by molar-refractivity contribution is -0.134. The first-order valence-electron chi connectivity index (χ1n) is 4.85. The minimum atomic E-state index is -3.87. The van der Waals surface area contributed by atoms with Gasteiger partial charge in [0.25, 0.3) is 0 Å². The first-order valence-corrected chi connectivity index (χ1v) is 6.46. The SMILES string of the molecule is C=CCN(c1ccccc1)S(=O)(=O)CC(=O)O. The van der Waals surface area contributed by atoms with E-state index in [1.54, 1.807) is 30.3 Å². The van der Waals surface area contributed by atoms with Crippen molar-refractivity contribution in [2.45, 2.75) is 0 Å². The van der Waals surface area contributed by atoms with E-state index in [0.717, 1.165) is 4.31 Å². The number of benzene rings is 1. The number of sulfonamides is 1. The lowest BCUT2D eigenvalue weighted by Crippen LogP contribution is -2.35. The Bertz CT molecular complexity index is 495. The molecule has 0 aliphatic carbocycles. The second-order valence-corrected chi connectivity index (χ2v) is 5.20. The van der Waals surface area contributed by atoms with Crippen molar-refractivity contribution in [2.24, 2.45) is 0 Å². The van der Waals surface area contributed by atoms with Crippen molar-refractivity contribution in [3.63, 3.8) is 0 Å². The minimum absolute atomic E-state index is 0.0413. The van der Waals surface area contributed by atoms with Crippen LogP contribution in [0, 0.1) is 0 Å². The van der Waals surface area contributed by atoms with Crippen molar-refractivity contribution in [3.8, 4) is 0 Å².